The van der Waals surface area contributed by atoms with E-state index in [1.54, 1.807) is 0 Å². The fraction of sp³-hybridized carbons (Fsp3) is 0.220. The summed E-state index contributed by atoms with van der Waals surface area (Å²) in [7, 11) is 0. The van der Waals surface area contributed by atoms with Gasteiger partial charge in [-0.25, -0.2) is 0 Å². The SMILES string of the molecule is C=CCC(COc1ccc(CCC)cc1-c1cccc(-c2c(C)ccc3ccccc23)c1O)COc1ccc(CCCC)cc1-c1cccc(-c2c(C)ccc3ccccc23)c1O. The number of phenolic OH excluding ortho intramolecular Hbond substituents is 2. The van der Waals surface area contributed by atoms with Crippen LogP contribution in [0.3, 0.4) is 0 Å². The molecule has 0 heterocycles. The number of benzene rings is 8. The van der Waals surface area contributed by atoms with E-state index in [4.69, 9.17) is 9.47 Å². The van der Waals surface area contributed by atoms with Gasteiger partial charge in [-0.05, 0) is 119 Å². The molecule has 318 valence electrons. The van der Waals surface area contributed by atoms with E-state index in [1.807, 2.05) is 60.7 Å². The molecule has 0 aliphatic rings. The van der Waals surface area contributed by atoms with Gasteiger partial charge in [0.25, 0.3) is 0 Å². The zero-order valence-electron chi connectivity index (χ0n) is 37.1. The van der Waals surface area contributed by atoms with Crippen molar-refractivity contribution >= 4 is 21.5 Å². The van der Waals surface area contributed by atoms with Crippen LogP contribution in [-0.2, 0) is 12.8 Å². The minimum Gasteiger partial charge on any atom is -0.507 e. The van der Waals surface area contributed by atoms with Gasteiger partial charge in [0.1, 0.15) is 23.0 Å². The van der Waals surface area contributed by atoms with E-state index in [2.05, 4.69) is 125 Å². The lowest BCUT2D eigenvalue weighted by Gasteiger charge is -2.22. The van der Waals surface area contributed by atoms with Gasteiger partial charge in [-0.1, -0.05) is 154 Å². The zero-order valence-corrected chi connectivity index (χ0v) is 37.1. The molecular weight excluding hydrogens is 773 g/mol. The van der Waals surface area contributed by atoms with Crippen LogP contribution >= 0.6 is 0 Å². The standard InChI is InChI=1S/C59H58O4/c1-6-9-18-42-30-34-55(53(36-42)49-24-15-26-51(59(49)61)57-40(5)28-32-45-20-11-13-22-47(45)57)63-38-43(17-8-3)37-62-54-33-29-41(16-7-2)35-52(54)48-23-14-25-50(58(48)60)56-39(4)27-31-44-19-10-12-21-46(44)56/h8,10-15,19-36,43,60-61H,3,6-7,9,16-18,37-38H2,1-2,4-5H3. The molecule has 0 bridgehead atoms. The Kier molecular flexibility index (Phi) is 13.3. The molecule has 0 aliphatic heterocycles. The maximum absolute atomic E-state index is 12.2. The van der Waals surface area contributed by atoms with Gasteiger partial charge >= 0.3 is 0 Å². The second-order valence-corrected chi connectivity index (χ2v) is 16.9. The Labute approximate surface area is 373 Å². The fourth-order valence-corrected chi connectivity index (χ4v) is 9.04. The zero-order chi connectivity index (χ0) is 43.9. The van der Waals surface area contributed by atoms with Crippen molar-refractivity contribution in [3.8, 4) is 67.5 Å². The predicted molar refractivity (Wildman–Crippen MR) is 264 cm³/mol. The third kappa shape index (κ3) is 9.08. The van der Waals surface area contributed by atoms with Crippen LogP contribution in [0.4, 0.5) is 0 Å². The molecule has 0 radical (unpaired) electrons. The van der Waals surface area contributed by atoms with Crippen molar-refractivity contribution in [2.75, 3.05) is 13.2 Å². The first-order valence-electron chi connectivity index (χ1n) is 22.5. The molecule has 0 aliphatic carbocycles. The minimum absolute atomic E-state index is 0.0326. The van der Waals surface area contributed by atoms with Crippen LogP contribution in [0.25, 0.3) is 66.1 Å². The van der Waals surface area contributed by atoms with E-state index in [-0.39, 0.29) is 17.4 Å². The maximum Gasteiger partial charge on any atom is 0.131 e. The van der Waals surface area contributed by atoms with Crippen molar-refractivity contribution in [1.82, 2.24) is 0 Å². The van der Waals surface area contributed by atoms with Crippen molar-refractivity contribution in [2.24, 2.45) is 5.92 Å². The van der Waals surface area contributed by atoms with Gasteiger partial charge in [-0.15, -0.1) is 6.58 Å². The van der Waals surface area contributed by atoms with Gasteiger partial charge in [0, 0.05) is 39.3 Å². The largest absolute Gasteiger partial charge is 0.507 e. The number of hydrogen-bond acceptors (Lipinski definition) is 4. The second-order valence-electron chi connectivity index (χ2n) is 16.9. The highest BCUT2D eigenvalue weighted by atomic mass is 16.5. The molecule has 0 saturated carbocycles. The molecule has 63 heavy (non-hydrogen) atoms. The van der Waals surface area contributed by atoms with Crippen LogP contribution < -0.4 is 9.47 Å². The molecule has 1 unspecified atom stereocenters. The molecule has 0 fully saturated rings. The van der Waals surface area contributed by atoms with Crippen molar-refractivity contribution in [1.29, 1.82) is 0 Å². The highest BCUT2D eigenvalue weighted by molar-refractivity contribution is 6.02. The van der Waals surface area contributed by atoms with E-state index < -0.39 is 0 Å². The van der Waals surface area contributed by atoms with Gasteiger partial charge in [-0.3, -0.25) is 0 Å². The minimum atomic E-state index is -0.0326. The summed E-state index contributed by atoms with van der Waals surface area (Å²) in [5.74, 6) is 1.86. The summed E-state index contributed by atoms with van der Waals surface area (Å²) < 4.78 is 13.5. The molecule has 0 saturated heterocycles. The number of hydrogen-bond donors (Lipinski definition) is 2. The number of ether oxygens (including phenoxy) is 2. The average Bonchev–Trinajstić information content (AvgIpc) is 3.30. The smallest absolute Gasteiger partial charge is 0.131 e. The lowest BCUT2D eigenvalue weighted by atomic mass is 9.90. The van der Waals surface area contributed by atoms with E-state index in [0.717, 1.165) is 109 Å². The molecule has 0 spiro atoms. The summed E-state index contributed by atoms with van der Waals surface area (Å²) in [6.07, 6.45) is 7.63. The van der Waals surface area contributed by atoms with Crippen LogP contribution in [0, 0.1) is 19.8 Å². The number of allylic oxidation sites excluding steroid dienone is 1. The molecule has 8 rings (SSSR count). The fourth-order valence-electron chi connectivity index (χ4n) is 9.04. The quantitative estimate of drug-likeness (QED) is 0.0898. The van der Waals surface area contributed by atoms with Crippen LogP contribution in [0.15, 0.2) is 158 Å². The summed E-state index contributed by atoms with van der Waals surface area (Å²) >= 11 is 0. The van der Waals surface area contributed by atoms with Gasteiger partial charge in [-0.2, -0.15) is 0 Å². The Morgan fingerprint density at radius 3 is 1.46 bits per heavy atom. The number of aromatic hydroxyl groups is 2. The Morgan fingerprint density at radius 2 is 0.984 bits per heavy atom. The maximum atomic E-state index is 12.2. The van der Waals surface area contributed by atoms with Gasteiger partial charge < -0.3 is 19.7 Å². The van der Waals surface area contributed by atoms with E-state index >= 15 is 0 Å². The highest BCUT2D eigenvalue weighted by Crippen LogP contribution is 2.47. The highest BCUT2D eigenvalue weighted by Gasteiger charge is 2.22. The van der Waals surface area contributed by atoms with Gasteiger partial charge in [0.2, 0.25) is 0 Å². The number of rotatable bonds is 17. The van der Waals surface area contributed by atoms with Crippen LogP contribution in [-0.4, -0.2) is 23.4 Å². The first kappa shape index (κ1) is 42.9. The second kappa shape index (κ2) is 19.5. The number of para-hydroxylation sites is 2. The van der Waals surface area contributed by atoms with Gasteiger partial charge in [0.15, 0.2) is 0 Å². The number of aryl methyl sites for hydroxylation is 4. The van der Waals surface area contributed by atoms with E-state index in [9.17, 15) is 10.2 Å². The molecular formula is C59H58O4. The molecule has 2 N–H and O–H groups in total. The van der Waals surface area contributed by atoms with E-state index in [1.165, 1.54) is 11.1 Å². The number of unbranched alkanes of at least 4 members (excludes halogenated alkanes) is 1. The predicted octanol–water partition coefficient (Wildman–Crippen LogP) is 15.6. The topological polar surface area (TPSA) is 58.9 Å². The summed E-state index contributed by atoms with van der Waals surface area (Å²) in [4.78, 5) is 0. The number of phenols is 2. The van der Waals surface area contributed by atoms with Crippen molar-refractivity contribution < 1.29 is 19.7 Å². The molecule has 8 aromatic rings. The van der Waals surface area contributed by atoms with Gasteiger partial charge in [0.05, 0.1) is 13.2 Å². The average molecular weight is 831 g/mol. The Bertz CT molecular complexity index is 2900. The molecule has 4 nitrogen and oxygen atoms in total. The lowest BCUT2D eigenvalue weighted by Crippen LogP contribution is -2.20. The molecule has 0 amide bonds. The number of fused-ring (bicyclic) bond motifs is 2. The van der Waals surface area contributed by atoms with Crippen molar-refractivity contribution in [2.45, 2.75) is 66.2 Å². The Balaban J connectivity index is 1.10. The third-order valence-corrected chi connectivity index (χ3v) is 12.4. The normalized spacial score (nSPS) is 11.8. The molecule has 0 aromatic heterocycles. The molecule has 8 aromatic carbocycles. The van der Waals surface area contributed by atoms with Crippen LogP contribution in [0.5, 0.6) is 23.0 Å². The lowest BCUT2D eigenvalue weighted by molar-refractivity contribution is 0.179. The third-order valence-electron chi connectivity index (χ3n) is 12.4. The first-order chi connectivity index (χ1) is 30.8. The monoisotopic (exact) mass is 830 g/mol. The molecule has 4 heteroatoms. The summed E-state index contributed by atoms with van der Waals surface area (Å²) in [6.45, 7) is 13.4. The summed E-state index contributed by atoms with van der Waals surface area (Å²) in [6, 6.07) is 50.0. The van der Waals surface area contributed by atoms with Crippen LogP contribution in [0.1, 0.15) is 61.8 Å². The molecule has 1 atom stereocenters. The summed E-state index contributed by atoms with van der Waals surface area (Å²) in [5, 5.41) is 28.8. The van der Waals surface area contributed by atoms with Crippen molar-refractivity contribution in [3.05, 3.63) is 181 Å². The van der Waals surface area contributed by atoms with Crippen molar-refractivity contribution in [3.63, 3.8) is 0 Å². The van der Waals surface area contributed by atoms with Crippen LogP contribution in [0.2, 0.25) is 0 Å². The Hall–Kier alpha value is -6.78. The Morgan fingerprint density at radius 1 is 0.508 bits per heavy atom. The van der Waals surface area contributed by atoms with E-state index in [0.29, 0.717) is 31.1 Å². The summed E-state index contributed by atoms with van der Waals surface area (Å²) in [5.41, 5.74) is 11.5. The first-order valence-corrected chi connectivity index (χ1v) is 22.5.